The van der Waals surface area contributed by atoms with Gasteiger partial charge in [-0.3, -0.25) is 4.79 Å². The van der Waals surface area contributed by atoms with Crippen molar-refractivity contribution in [1.82, 2.24) is 9.73 Å². The summed E-state index contributed by atoms with van der Waals surface area (Å²) in [4.78, 5) is 12.6. The van der Waals surface area contributed by atoms with E-state index in [0.717, 1.165) is 4.31 Å². The van der Waals surface area contributed by atoms with Gasteiger partial charge < -0.3 is 13.9 Å². The standard InChI is InChI=1S/C21H18BrN3O6S/c22-18-10-20-19(30-14-31-20)9-15(18)11-23-24-21(26)13-25(12-16-5-4-8-29-16)32(27,28)17-6-2-1-3-7-17/h1-11H,12-14H2,(H,24,26)/b23-11+. The number of fused-ring (bicyclic) bond motifs is 1. The number of nitrogens with one attached hydrogen (secondary N) is 1. The van der Waals surface area contributed by atoms with Crippen molar-refractivity contribution in [2.24, 2.45) is 5.10 Å². The summed E-state index contributed by atoms with van der Waals surface area (Å²) >= 11 is 3.41. The van der Waals surface area contributed by atoms with Gasteiger partial charge in [0.25, 0.3) is 5.91 Å². The topological polar surface area (TPSA) is 110 Å². The number of hydrazone groups is 1. The van der Waals surface area contributed by atoms with Crippen LogP contribution in [0.2, 0.25) is 0 Å². The van der Waals surface area contributed by atoms with Crippen molar-refractivity contribution in [3.05, 3.63) is 76.7 Å². The molecule has 0 aliphatic carbocycles. The maximum absolute atomic E-state index is 13.1. The third-order valence-corrected chi connectivity index (χ3v) is 6.99. The summed E-state index contributed by atoms with van der Waals surface area (Å²) in [6.45, 7) is -0.410. The van der Waals surface area contributed by atoms with Crippen molar-refractivity contribution < 1.29 is 27.1 Å². The van der Waals surface area contributed by atoms with Crippen LogP contribution in [0.5, 0.6) is 11.5 Å². The van der Waals surface area contributed by atoms with Gasteiger partial charge in [0.1, 0.15) is 5.76 Å². The number of carbonyl (C=O) groups is 1. The first-order chi connectivity index (χ1) is 15.4. The molecule has 0 bridgehead atoms. The Balaban J connectivity index is 1.47. The molecule has 1 amide bonds. The van der Waals surface area contributed by atoms with Gasteiger partial charge in [-0.15, -0.1) is 0 Å². The third-order valence-electron chi connectivity index (χ3n) is 4.50. The van der Waals surface area contributed by atoms with Crippen LogP contribution in [-0.4, -0.2) is 38.2 Å². The van der Waals surface area contributed by atoms with Crippen LogP contribution in [0.15, 0.2) is 79.7 Å². The Kier molecular flexibility index (Phi) is 6.58. The molecule has 3 aromatic rings. The lowest BCUT2D eigenvalue weighted by Gasteiger charge is -2.20. The van der Waals surface area contributed by atoms with Crippen LogP contribution in [0.1, 0.15) is 11.3 Å². The molecular formula is C21H18BrN3O6S. The van der Waals surface area contributed by atoms with E-state index in [1.165, 1.54) is 24.6 Å². The van der Waals surface area contributed by atoms with Gasteiger partial charge in [-0.05, 0) is 52.3 Å². The van der Waals surface area contributed by atoms with E-state index < -0.39 is 22.5 Å². The number of hydrogen-bond acceptors (Lipinski definition) is 7. The summed E-state index contributed by atoms with van der Waals surface area (Å²) in [5, 5.41) is 3.94. The van der Waals surface area contributed by atoms with Crippen LogP contribution < -0.4 is 14.9 Å². The quantitative estimate of drug-likeness (QED) is 0.361. The number of carbonyl (C=O) groups excluding carboxylic acids is 1. The number of sulfonamides is 1. The third kappa shape index (κ3) is 5.01. The molecular weight excluding hydrogens is 502 g/mol. The number of furan rings is 1. The molecule has 0 atom stereocenters. The zero-order valence-electron chi connectivity index (χ0n) is 16.6. The number of ether oxygens (including phenoxy) is 2. The van der Waals surface area contributed by atoms with E-state index in [1.807, 2.05) is 0 Å². The summed E-state index contributed by atoms with van der Waals surface area (Å²) in [7, 11) is -3.94. The van der Waals surface area contributed by atoms with E-state index in [4.69, 9.17) is 13.9 Å². The molecule has 0 radical (unpaired) electrons. The molecule has 1 aromatic heterocycles. The first-order valence-electron chi connectivity index (χ1n) is 9.42. The SMILES string of the molecule is O=C(CN(Cc1ccco1)S(=O)(=O)c1ccccc1)N/N=C/c1cc2c(cc1Br)OCO2. The van der Waals surface area contributed by atoms with Gasteiger partial charge in [-0.1, -0.05) is 18.2 Å². The average molecular weight is 520 g/mol. The number of halogens is 1. The molecule has 0 unspecified atom stereocenters. The molecule has 2 aromatic carbocycles. The van der Waals surface area contributed by atoms with Crippen LogP contribution in [0, 0.1) is 0 Å². The number of hydrogen-bond donors (Lipinski definition) is 1. The smallest absolute Gasteiger partial charge is 0.255 e. The summed E-state index contributed by atoms with van der Waals surface area (Å²) in [6.07, 6.45) is 2.86. The van der Waals surface area contributed by atoms with Gasteiger partial charge >= 0.3 is 0 Å². The van der Waals surface area contributed by atoms with Crippen LogP contribution in [0.4, 0.5) is 0 Å². The maximum atomic E-state index is 13.1. The Morgan fingerprint density at radius 1 is 1.12 bits per heavy atom. The lowest BCUT2D eigenvalue weighted by molar-refractivity contribution is -0.121. The Morgan fingerprint density at radius 2 is 1.88 bits per heavy atom. The maximum Gasteiger partial charge on any atom is 0.255 e. The highest BCUT2D eigenvalue weighted by molar-refractivity contribution is 9.10. The minimum absolute atomic E-state index is 0.0761. The average Bonchev–Trinajstić information content (AvgIpc) is 3.45. The molecule has 166 valence electrons. The van der Waals surface area contributed by atoms with E-state index >= 15 is 0 Å². The fourth-order valence-electron chi connectivity index (χ4n) is 2.94. The zero-order chi connectivity index (χ0) is 22.6. The predicted octanol–water partition coefficient (Wildman–Crippen LogP) is 3.11. The van der Waals surface area contributed by atoms with Crippen LogP contribution >= 0.6 is 15.9 Å². The van der Waals surface area contributed by atoms with Crippen LogP contribution in [0.25, 0.3) is 0 Å². The Labute approximate surface area is 192 Å². The molecule has 0 saturated heterocycles. The molecule has 4 rings (SSSR count). The largest absolute Gasteiger partial charge is 0.468 e. The highest BCUT2D eigenvalue weighted by Crippen LogP contribution is 2.36. The second kappa shape index (κ2) is 9.55. The van der Waals surface area contributed by atoms with E-state index in [-0.39, 0.29) is 18.2 Å². The van der Waals surface area contributed by atoms with Crippen molar-refractivity contribution in [2.45, 2.75) is 11.4 Å². The lowest BCUT2D eigenvalue weighted by atomic mass is 10.2. The number of rotatable bonds is 8. The molecule has 9 nitrogen and oxygen atoms in total. The first-order valence-corrected chi connectivity index (χ1v) is 11.7. The van der Waals surface area contributed by atoms with E-state index in [2.05, 4.69) is 26.5 Å². The second-order valence-corrected chi connectivity index (χ2v) is 9.48. The van der Waals surface area contributed by atoms with Gasteiger partial charge in [-0.25, -0.2) is 13.8 Å². The fraction of sp³-hybridized carbons (Fsp3) is 0.143. The molecule has 1 aliphatic heterocycles. The summed E-state index contributed by atoms with van der Waals surface area (Å²) in [5.41, 5.74) is 3.01. The number of benzene rings is 2. The highest BCUT2D eigenvalue weighted by Gasteiger charge is 2.27. The normalized spacial score (nSPS) is 13.1. The molecule has 0 saturated carbocycles. The van der Waals surface area contributed by atoms with Crippen molar-refractivity contribution in [2.75, 3.05) is 13.3 Å². The molecule has 1 N–H and O–H groups in total. The number of nitrogens with zero attached hydrogens (tertiary/aromatic N) is 2. The van der Waals surface area contributed by atoms with Crippen molar-refractivity contribution in [1.29, 1.82) is 0 Å². The fourth-order valence-corrected chi connectivity index (χ4v) is 4.75. The Morgan fingerprint density at radius 3 is 2.59 bits per heavy atom. The molecule has 32 heavy (non-hydrogen) atoms. The highest BCUT2D eigenvalue weighted by atomic mass is 79.9. The minimum Gasteiger partial charge on any atom is -0.468 e. The number of amides is 1. The molecule has 1 aliphatic rings. The molecule has 11 heteroatoms. The monoisotopic (exact) mass is 519 g/mol. The van der Waals surface area contributed by atoms with Gasteiger partial charge in [-0.2, -0.15) is 9.41 Å². The molecule has 0 spiro atoms. The zero-order valence-corrected chi connectivity index (χ0v) is 19.0. The summed E-state index contributed by atoms with van der Waals surface area (Å²) in [6, 6.07) is 14.6. The second-order valence-electron chi connectivity index (χ2n) is 6.69. The van der Waals surface area contributed by atoms with E-state index in [1.54, 1.807) is 42.5 Å². The van der Waals surface area contributed by atoms with Gasteiger partial charge in [0, 0.05) is 10.0 Å². The minimum atomic E-state index is -3.94. The van der Waals surface area contributed by atoms with Gasteiger partial charge in [0.2, 0.25) is 16.8 Å². The Bertz CT molecular complexity index is 1230. The predicted molar refractivity (Wildman–Crippen MR) is 119 cm³/mol. The lowest BCUT2D eigenvalue weighted by Crippen LogP contribution is -2.39. The van der Waals surface area contributed by atoms with Crippen LogP contribution in [-0.2, 0) is 21.4 Å². The molecule has 2 heterocycles. The molecule has 0 fully saturated rings. The van der Waals surface area contributed by atoms with Crippen molar-refractivity contribution in [3.63, 3.8) is 0 Å². The van der Waals surface area contributed by atoms with Crippen LogP contribution in [0.3, 0.4) is 0 Å². The van der Waals surface area contributed by atoms with Gasteiger partial charge in [0.05, 0.1) is 30.5 Å². The first kappa shape index (κ1) is 22.1. The van der Waals surface area contributed by atoms with Crippen molar-refractivity contribution >= 4 is 38.1 Å². The Hall–Kier alpha value is -3.15. The van der Waals surface area contributed by atoms with Crippen molar-refractivity contribution in [3.8, 4) is 11.5 Å². The van der Waals surface area contributed by atoms with E-state index in [9.17, 15) is 13.2 Å². The van der Waals surface area contributed by atoms with Gasteiger partial charge in [0.15, 0.2) is 11.5 Å². The summed E-state index contributed by atoms with van der Waals surface area (Å²) < 4.78 is 43.8. The summed E-state index contributed by atoms with van der Waals surface area (Å²) in [5.74, 6) is 0.978. The van der Waals surface area contributed by atoms with E-state index in [0.29, 0.717) is 27.3 Å².